The highest BCUT2D eigenvalue weighted by Crippen LogP contribution is 2.22. The number of benzene rings is 1. The van der Waals surface area contributed by atoms with E-state index < -0.39 is 16.5 Å². The van der Waals surface area contributed by atoms with Crippen molar-refractivity contribution in [3.8, 4) is 0 Å². The minimum Gasteiger partial charge on any atom is -0.460 e. The molecule has 0 atom stereocenters. The van der Waals surface area contributed by atoms with Crippen LogP contribution >= 0.6 is 0 Å². The number of nitro groups is 1. The van der Waals surface area contributed by atoms with E-state index in [2.05, 4.69) is 0 Å². The lowest BCUT2D eigenvalue weighted by molar-refractivity contribution is -0.385. The Hall–Kier alpha value is -2.24. The summed E-state index contributed by atoms with van der Waals surface area (Å²) < 4.78 is 5.13. The lowest BCUT2D eigenvalue weighted by Gasteiger charge is -2.19. The van der Waals surface area contributed by atoms with Crippen LogP contribution in [0.3, 0.4) is 0 Å². The first-order valence-corrected chi connectivity index (χ1v) is 6.10. The smallest absolute Gasteiger partial charge is 0.311 e. The van der Waals surface area contributed by atoms with Crippen LogP contribution in [0.1, 0.15) is 43.6 Å². The largest absolute Gasteiger partial charge is 0.460 e. The minimum absolute atomic E-state index is 0.203. The van der Waals surface area contributed by atoms with Gasteiger partial charge < -0.3 is 4.74 Å². The second-order valence-corrected chi connectivity index (χ2v) is 5.42. The summed E-state index contributed by atoms with van der Waals surface area (Å²) in [5.41, 5.74) is -0.423. The lowest BCUT2D eigenvalue weighted by Crippen LogP contribution is -2.25. The molecule has 6 nitrogen and oxygen atoms in total. The summed E-state index contributed by atoms with van der Waals surface area (Å²) in [6.45, 7) is 6.49. The van der Waals surface area contributed by atoms with Gasteiger partial charge in [0.1, 0.15) is 5.60 Å². The summed E-state index contributed by atoms with van der Waals surface area (Å²) in [5.74, 6) is -0.812. The van der Waals surface area contributed by atoms with Crippen LogP contribution < -0.4 is 0 Å². The summed E-state index contributed by atoms with van der Waals surface area (Å²) in [4.78, 5) is 33.3. The van der Waals surface area contributed by atoms with Gasteiger partial charge in [-0.25, -0.2) is 0 Å². The van der Waals surface area contributed by atoms with Gasteiger partial charge in [0.25, 0.3) is 5.69 Å². The van der Waals surface area contributed by atoms with Crippen LogP contribution in [0.25, 0.3) is 0 Å². The molecule has 0 aliphatic rings. The van der Waals surface area contributed by atoms with Crippen molar-refractivity contribution in [2.75, 3.05) is 0 Å². The number of hydrogen-bond acceptors (Lipinski definition) is 5. The Kier molecular flexibility index (Phi) is 4.60. The Labute approximate surface area is 116 Å². The summed E-state index contributed by atoms with van der Waals surface area (Å²) >= 11 is 0. The Morgan fingerprint density at radius 2 is 1.90 bits per heavy atom. The van der Waals surface area contributed by atoms with Crippen molar-refractivity contribution in [2.45, 2.75) is 39.7 Å². The van der Waals surface area contributed by atoms with Crippen molar-refractivity contribution in [1.82, 2.24) is 0 Å². The number of carbonyl (C=O) groups excluding carboxylic acids is 2. The summed E-state index contributed by atoms with van der Waals surface area (Å²) in [7, 11) is 0. The molecule has 1 aromatic carbocycles. The van der Waals surface area contributed by atoms with Crippen LogP contribution in [-0.4, -0.2) is 22.3 Å². The fraction of sp³-hybridized carbons (Fsp3) is 0.429. The summed E-state index contributed by atoms with van der Waals surface area (Å²) in [6, 6.07) is 4.07. The monoisotopic (exact) mass is 279 g/mol. The van der Waals surface area contributed by atoms with Gasteiger partial charge >= 0.3 is 5.97 Å². The number of esters is 1. The molecule has 0 fully saturated rings. The molecule has 108 valence electrons. The van der Waals surface area contributed by atoms with E-state index in [4.69, 9.17) is 4.74 Å². The maximum atomic E-state index is 11.7. The highest BCUT2D eigenvalue weighted by molar-refractivity contribution is 5.95. The average molecular weight is 279 g/mol. The second kappa shape index (κ2) is 5.81. The molecule has 0 N–H and O–H groups in total. The van der Waals surface area contributed by atoms with Crippen LogP contribution in [0, 0.1) is 10.1 Å². The van der Waals surface area contributed by atoms with Gasteiger partial charge in [-0.3, -0.25) is 19.7 Å². The Balaban J connectivity index is 3.03. The number of nitrogens with zero attached hydrogens (tertiary/aromatic N) is 1. The van der Waals surface area contributed by atoms with Crippen molar-refractivity contribution < 1.29 is 19.2 Å². The molecular formula is C14H17NO5. The fourth-order valence-electron chi connectivity index (χ4n) is 1.64. The van der Waals surface area contributed by atoms with Crippen molar-refractivity contribution in [1.29, 1.82) is 0 Å². The number of Topliss-reactive ketones (excluding diaryl/α,β-unsaturated/α-hetero) is 1. The van der Waals surface area contributed by atoms with Gasteiger partial charge in [0.15, 0.2) is 5.78 Å². The molecule has 0 radical (unpaired) electrons. The van der Waals surface area contributed by atoms with Gasteiger partial charge in [-0.1, -0.05) is 12.1 Å². The molecule has 0 saturated heterocycles. The maximum Gasteiger partial charge on any atom is 0.311 e. The first-order chi connectivity index (χ1) is 9.10. The first kappa shape index (κ1) is 15.8. The van der Waals surface area contributed by atoms with E-state index >= 15 is 0 Å². The van der Waals surface area contributed by atoms with Crippen molar-refractivity contribution in [3.63, 3.8) is 0 Å². The molecule has 1 rings (SSSR count). The number of carbonyl (C=O) groups is 2. The predicted octanol–water partition coefficient (Wildman–Crippen LogP) is 2.68. The third-order valence-corrected chi connectivity index (χ3v) is 2.44. The maximum absolute atomic E-state index is 11.7. The van der Waals surface area contributed by atoms with E-state index in [9.17, 15) is 19.7 Å². The number of ketones is 1. The molecule has 0 bridgehead atoms. The average Bonchev–Trinajstić information content (AvgIpc) is 2.25. The highest BCUT2D eigenvalue weighted by atomic mass is 16.6. The Morgan fingerprint density at radius 3 is 2.35 bits per heavy atom. The van der Waals surface area contributed by atoms with Crippen LogP contribution in [0.5, 0.6) is 0 Å². The molecule has 1 aromatic rings. The summed E-state index contributed by atoms with van der Waals surface area (Å²) in [6.07, 6.45) is -0.203. The molecule has 0 aromatic heterocycles. The molecule has 6 heteroatoms. The molecule has 0 amide bonds. The zero-order valence-electron chi connectivity index (χ0n) is 11.9. The summed E-state index contributed by atoms with van der Waals surface area (Å²) in [5, 5.41) is 11.0. The molecule has 20 heavy (non-hydrogen) atoms. The fourth-order valence-corrected chi connectivity index (χ4v) is 1.64. The molecule has 0 aliphatic heterocycles. The number of ether oxygens (including phenoxy) is 1. The third kappa shape index (κ3) is 4.46. The Bertz CT molecular complexity index is 557. The van der Waals surface area contributed by atoms with E-state index in [0.717, 1.165) is 0 Å². The second-order valence-electron chi connectivity index (χ2n) is 5.42. The molecule has 0 heterocycles. The number of hydrogen-bond donors (Lipinski definition) is 0. The lowest BCUT2D eigenvalue weighted by atomic mass is 10.0. The van der Waals surface area contributed by atoms with Crippen LogP contribution in [0.2, 0.25) is 0 Å². The SMILES string of the molecule is CC(=O)c1ccc(CC(=O)OC(C)(C)C)c([N+](=O)[O-])c1. The minimum atomic E-state index is -0.648. The van der Waals surface area contributed by atoms with E-state index in [1.54, 1.807) is 20.8 Å². The molecule has 0 aliphatic carbocycles. The van der Waals surface area contributed by atoms with Crippen LogP contribution in [0.4, 0.5) is 5.69 Å². The van der Waals surface area contributed by atoms with Gasteiger partial charge in [-0.05, 0) is 27.7 Å². The van der Waals surface area contributed by atoms with Gasteiger partial charge in [0.05, 0.1) is 11.3 Å². The quantitative estimate of drug-likeness (QED) is 0.366. The topological polar surface area (TPSA) is 86.5 Å². The van der Waals surface area contributed by atoms with E-state index in [1.165, 1.54) is 25.1 Å². The van der Waals surface area contributed by atoms with Crippen molar-refractivity contribution in [3.05, 3.63) is 39.4 Å². The van der Waals surface area contributed by atoms with Crippen LogP contribution in [-0.2, 0) is 16.0 Å². The van der Waals surface area contributed by atoms with Crippen LogP contribution in [0.15, 0.2) is 18.2 Å². The molecule has 0 saturated carbocycles. The van der Waals surface area contributed by atoms with Gasteiger partial charge in [-0.2, -0.15) is 0 Å². The van der Waals surface area contributed by atoms with Gasteiger partial charge in [-0.15, -0.1) is 0 Å². The van der Waals surface area contributed by atoms with Gasteiger partial charge in [0, 0.05) is 17.2 Å². The Morgan fingerprint density at radius 1 is 1.30 bits per heavy atom. The number of rotatable bonds is 4. The van der Waals surface area contributed by atoms with Crippen molar-refractivity contribution in [2.24, 2.45) is 0 Å². The molecular weight excluding hydrogens is 262 g/mol. The van der Waals surface area contributed by atoms with E-state index in [0.29, 0.717) is 0 Å². The zero-order valence-corrected chi connectivity index (χ0v) is 11.9. The zero-order chi connectivity index (χ0) is 15.5. The van der Waals surface area contributed by atoms with E-state index in [1.807, 2.05) is 0 Å². The first-order valence-electron chi connectivity index (χ1n) is 6.10. The van der Waals surface area contributed by atoms with E-state index in [-0.39, 0.29) is 29.0 Å². The molecule has 0 spiro atoms. The van der Waals surface area contributed by atoms with Gasteiger partial charge in [0.2, 0.25) is 0 Å². The standard InChI is InChI=1S/C14H17NO5/c1-9(16)10-5-6-11(12(7-10)15(18)19)8-13(17)20-14(2,3)4/h5-7H,8H2,1-4H3. The highest BCUT2D eigenvalue weighted by Gasteiger charge is 2.22. The molecule has 0 unspecified atom stereocenters. The normalized spacial score (nSPS) is 11.0. The predicted molar refractivity (Wildman–Crippen MR) is 72.6 cm³/mol. The number of nitro benzene ring substituents is 1. The van der Waals surface area contributed by atoms with Crippen molar-refractivity contribution >= 4 is 17.4 Å². The third-order valence-electron chi connectivity index (χ3n) is 2.44.